The number of carbonyl (C=O) groups excluding carboxylic acids is 4. The molecule has 2 aromatic rings. The summed E-state index contributed by atoms with van der Waals surface area (Å²) in [6.07, 6.45) is 0.956. The Bertz CT molecular complexity index is 1160. The second kappa shape index (κ2) is 9.35. The van der Waals surface area contributed by atoms with Crippen LogP contribution in [0.25, 0.3) is 0 Å². The van der Waals surface area contributed by atoms with E-state index in [0.717, 1.165) is 30.4 Å². The lowest BCUT2D eigenvalue weighted by Crippen LogP contribution is -2.36. The number of hydrogen-bond acceptors (Lipinski definition) is 7. The zero-order valence-corrected chi connectivity index (χ0v) is 18.9. The maximum Gasteiger partial charge on any atom is 0.326 e. The Labute approximate surface area is 190 Å². The Hall–Kier alpha value is -3.82. The minimum atomic E-state index is -0.964. The Balaban J connectivity index is 1.64. The molecular weight excluding hydrogens is 430 g/mol. The van der Waals surface area contributed by atoms with Gasteiger partial charge in [0.1, 0.15) is 12.1 Å². The molecule has 0 atom stereocenters. The molecule has 33 heavy (non-hydrogen) atoms. The third-order valence-corrected chi connectivity index (χ3v) is 5.63. The molecule has 1 aromatic carbocycles. The summed E-state index contributed by atoms with van der Waals surface area (Å²) in [6, 6.07) is 5.43. The lowest BCUT2D eigenvalue weighted by molar-refractivity contribution is -0.385. The summed E-state index contributed by atoms with van der Waals surface area (Å²) in [6.45, 7) is 7.44. The van der Waals surface area contributed by atoms with Crippen molar-refractivity contribution < 1.29 is 28.8 Å². The van der Waals surface area contributed by atoms with Crippen LogP contribution < -0.4 is 0 Å². The van der Waals surface area contributed by atoms with Gasteiger partial charge < -0.3 is 9.30 Å². The number of nitro benzene ring substituents is 1. The number of imide groups is 1. The molecule has 2 heterocycles. The van der Waals surface area contributed by atoms with Gasteiger partial charge in [-0.2, -0.15) is 0 Å². The number of hydrogen-bond donors (Lipinski definition) is 0. The van der Waals surface area contributed by atoms with Gasteiger partial charge >= 0.3 is 5.97 Å². The Kier molecular flexibility index (Phi) is 6.75. The van der Waals surface area contributed by atoms with Crippen LogP contribution in [0.3, 0.4) is 0 Å². The van der Waals surface area contributed by atoms with E-state index in [1.807, 2.05) is 18.4 Å². The van der Waals surface area contributed by atoms with Crippen LogP contribution in [0.1, 0.15) is 62.7 Å². The zero-order valence-electron chi connectivity index (χ0n) is 18.9. The molecule has 0 fully saturated rings. The first-order valence-corrected chi connectivity index (χ1v) is 10.5. The highest BCUT2D eigenvalue weighted by molar-refractivity contribution is 6.24. The van der Waals surface area contributed by atoms with Crippen molar-refractivity contribution in [1.82, 2.24) is 9.47 Å². The fourth-order valence-corrected chi connectivity index (χ4v) is 3.82. The molecule has 1 aromatic heterocycles. The van der Waals surface area contributed by atoms with Gasteiger partial charge in [-0.05, 0) is 38.3 Å². The summed E-state index contributed by atoms with van der Waals surface area (Å²) in [5.41, 5.74) is 1.14. The first-order valence-electron chi connectivity index (χ1n) is 10.5. The number of esters is 1. The summed E-state index contributed by atoms with van der Waals surface area (Å²) in [5.74, 6) is -2.62. The molecule has 3 rings (SSSR count). The quantitative estimate of drug-likeness (QED) is 0.187. The topological polar surface area (TPSA) is 129 Å². The molecule has 0 N–H and O–H groups in total. The number of carbonyl (C=O) groups is 4. The van der Waals surface area contributed by atoms with Crippen molar-refractivity contribution in [2.75, 3.05) is 13.2 Å². The molecule has 2 amide bonds. The molecular formula is C23H25N3O7. The first-order chi connectivity index (χ1) is 15.5. The number of aryl methyl sites for hydroxylation is 1. The SMILES string of the molecule is Cc1cc(C(=O)COC(=O)CN2C(=O)c3cccc([N+](=O)[O-])c3C2=O)c(C)n1CCC(C)C. The van der Waals surface area contributed by atoms with Crippen molar-refractivity contribution in [2.45, 2.75) is 40.7 Å². The average Bonchev–Trinajstić information content (AvgIpc) is 3.18. The molecule has 0 bridgehead atoms. The van der Waals surface area contributed by atoms with E-state index >= 15 is 0 Å². The second-order valence-corrected chi connectivity index (χ2v) is 8.36. The van der Waals surface area contributed by atoms with Crippen LogP contribution in [0.15, 0.2) is 24.3 Å². The molecule has 0 saturated carbocycles. The molecule has 0 aliphatic carbocycles. The molecule has 0 unspecified atom stereocenters. The van der Waals surface area contributed by atoms with Crippen LogP contribution in [0.4, 0.5) is 5.69 Å². The van der Waals surface area contributed by atoms with Gasteiger partial charge in [-0.25, -0.2) is 0 Å². The summed E-state index contributed by atoms with van der Waals surface area (Å²) < 4.78 is 7.06. The van der Waals surface area contributed by atoms with Crippen LogP contribution in [-0.2, 0) is 16.1 Å². The minimum absolute atomic E-state index is 0.146. The molecule has 0 radical (unpaired) electrons. The average molecular weight is 455 g/mol. The number of rotatable bonds is 9. The van der Waals surface area contributed by atoms with Crippen LogP contribution in [0.5, 0.6) is 0 Å². The third-order valence-electron chi connectivity index (χ3n) is 5.63. The van der Waals surface area contributed by atoms with Crippen LogP contribution in [-0.4, -0.2) is 51.1 Å². The van der Waals surface area contributed by atoms with Gasteiger partial charge in [0, 0.05) is 29.6 Å². The fourth-order valence-electron chi connectivity index (χ4n) is 3.82. The van der Waals surface area contributed by atoms with E-state index in [-0.39, 0.29) is 11.1 Å². The van der Waals surface area contributed by atoms with Gasteiger partial charge in [-0.3, -0.25) is 34.2 Å². The Morgan fingerprint density at radius 3 is 2.48 bits per heavy atom. The van der Waals surface area contributed by atoms with Crippen molar-refractivity contribution in [1.29, 1.82) is 0 Å². The molecule has 0 spiro atoms. The number of fused-ring (bicyclic) bond motifs is 1. The maximum absolute atomic E-state index is 12.6. The zero-order chi connectivity index (χ0) is 24.4. The molecule has 10 nitrogen and oxygen atoms in total. The van der Waals surface area contributed by atoms with Gasteiger partial charge in [0.25, 0.3) is 17.5 Å². The molecule has 10 heteroatoms. The van der Waals surface area contributed by atoms with Crippen molar-refractivity contribution >= 4 is 29.3 Å². The summed E-state index contributed by atoms with van der Waals surface area (Å²) in [7, 11) is 0. The van der Waals surface area contributed by atoms with E-state index < -0.39 is 47.3 Å². The lowest BCUT2D eigenvalue weighted by Gasteiger charge is -2.13. The van der Waals surface area contributed by atoms with Crippen molar-refractivity contribution in [3.05, 3.63) is 62.5 Å². The smallest absolute Gasteiger partial charge is 0.326 e. The number of benzene rings is 1. The maximum atomic E-state index is 12.6. The van der Waals surface area contributed by atoms with Gasteiger partial charge in [0.2, 0.25) is 5.78 Å². The molecule has 1 aliphatic heterocycles. The predicted molar refractivity (Wildman–Crippen MR) is 117 cm³/mol. The van der Waals surface area contributed by atoms with Gasteiger partial charge in [0.15, 0.2) is 6.61 Å². The van der Waals surface area contributed by atoms with Gasteiger partial charge in [-0.1, -0.05) is 19.9 Å². The van der Waals surface area contributed by atoms with Crippen LogP contribution >= 0.6 is 0 Å². The van der Waals surface area contributed by atoms with Crippen LogP contribution in [0, 0.1) is 29.9 Å². The van der Waals surface area contributed by atoms with E-state index in [2.05, 4.69) is 13.8 Å². The third kappa shape index (κ3) is 4.69. The monoisotopic (exact) mass is 455 g/mol. The summed E-state index contributed by atoms with van der Waals surface area (Å²) in [4.78, 5) is 60.9. The first kappa shape index (κ1) is 23.8. The normalized spacial score (nSPS) is 12.9. The minimum Gasteiger partial charge on any atom is -0.456 e. The number of aromatic nitrogens is 1. The molecule has 174 valence electrons. The highest BCUT2D eigenvalue weighted by Crippen LogP contribution is 2.30. The van der Waals surface area contributed by atoms with Crippen molar-refractivity contribution in [2.24, 2.45) is 5.92 Å². The van der Waals surface area contributed by atoms with Gasteiger partial charge in [0.05, 0.1) is 10.5 Å². The van der Waals surface area contributed by atoms with E-state index in [0.29, 0.717) is 16.4 Å². The van der Waals surface area contributed by atoms with E-state index in [1.165, 1.54) is 12.1 Å². The van der Waals surface area contributed by atoms with E-state index in [9.17, 15) is 29.3 Å². The van der Waals surface area contributed by atoms with Crippen molar-refractivity contribution in [3.63, 3.8) is 0 Å². The second-order valence-electron chi connectivity index (χ2n) is 8.36. The largest absolute Gasteiger partial charge is 0.456 e. The number of amides is 2. The van der Waals surface area contributed by atoms with Crippen LogP contribution in [0.2, 0.25) is 0 Å². The van der Waals surface area contributed by atoms with E-state index in [1.54, 1.807) is 6.07 Å². The molecule has 0 saturated heterocycles. The molecule has 1 aliphatic rings. The number of Topliss-reactive ketones (excluding diaryl/α,β-unsaturated/α-hetero) is 1. The number of nitrogens with zero attached hydrogens (tertiary/aromatic N) is 3. The highest BCUT2D eigenvalue weighted by Gasteiger charge is 2.42. The van der Waals surface area contributed by atoms with E-state index in [4.69, 9.17) is 4.74 Å². The standard InChI is InChI=1S/C23H25N3O7/c1-13(2)8-9-24-14(3)10-17(15(24)4)19(27)12-33-20(28)11-25-22(29)16-6-5-7-18(26(31)32)21(16)23(25)30/h5-7,10,13H,8-9,11-12H2,1-4H3. The Morgan fingerprint density at radius 2 is 1.85 bits per heavy atom. The fraction of sp³-hybridized carbons (Fsp3) is 0.391. The number of ether oxygens (including phenoxy) is 1. The predicted octanol–water partition coefficient (Wildman–Crippen LogP) is 3.08. The summed E-state index contributed by atoms with van der Waals surface area (Å²) in [5, 5.41) is 11.2. The Morgan fingerprint density at radius 1 is 1.15 bits per heavy atom. The summed E-state index contributed by atoms with van der Waals surface area (Å²) >= 11 is 0. The van der Waals surface area contributed by atoms with Gasteiger partial charge in [-0.15, -0.1) is 0 Å². The van der Waals surface area contributed by atoms with Crippen molar-refractivity contribution in [3.8, 4) is 0 Å². The highest BCUT2D eigenvalue weighted by atomic mass is 16.6. The number of nitro groups is 1. The number of ketones is 1. The lowest BCUT2D eigenvalue weighted by atomic mass is 10.1.